The Kier molecular flexibility index (Phi) is 5.08. The summed E-state index contributed by atoms with van der Waals surface area (Å²) in [5.41, 5.74) is 0.298. The standard InChI is InChI=1S/C16H31NO/c1-4-9-17-15(11-13(2)3)14-6-10-18-16(12-14)7-5-8-16/h13-15,17H,4-12H2,1-3H3. The van der Waals surface area contributed by atoms with Crippen molar-refractivity contribution in [2.75, 3.05) is 13.2 Å². The molecule has 0 bridgehead atoms. The van der Waals surface area contributed by atoms with Gasteiger partial charge in [0.2, 0.25) is 0 Å². The third kappa shape index (κ3) is 3.48. The summed E-state index contributed by atoms with van der Waals surface area (Å²) in [5.74, 6) is 1.63. The molecule has 0 radical (unpaired) electrons. The highest BCUT2D eigenvalue weighted by Gasteiger charge is 2.44. The van der Waals surface area contributed by atoms with Crippen molar-refractivity contribution >= 4 is 0 Å². The van der Waals surface area contributed by atoms with Crippen molar-refractivity contribution in [1.82, 2.24) is 5.32 Å². The first-order chi connectivity index (χ1) is 8.65. The summed E-state index contributed by atoms with van der Waals surface area (Å²) >= 11 is 0. The Morgan fingerprint density at radius 1 is 1.33 bits per heavy atom. The molecular weight excluding hydrogens is 222 g/mol. The Balaban J connectivity index is 1.91. The maximum Gasteiger partial charge on any atom is 0.0685 e. The molecule has 1 aliphatic heterocycles. The van der Waals surface area contributed by atoms with E-state index in [4.69, 9.17) is 4.74 Å². The van der Waals surface area contributed by atoms with E-state index in [1.165, 1.54) is 51.5 Å². The molecule has 0 aromatic carbocycles. The second-order valence-corrected chi connectivity index (χ2v) is 6.83. The van der Waals surface area contributed by atoms with Crippen molar-refractivity contribution in [2.45, 2.75) is 77.4 Å². The first-order valence-corrected chi connectivity index (χ1v) is 8.02. The van der Waals surface area contributed by atoms with Gasteiger partial charge >= 0.3 is 0 Å². The summed E-state index contributed by atoms with van der Waals surface area (Å²) in [7, 11) is 0. The zero-order valence-electron chi connectivity index (χ0n) is 12.5. The fourth-order valence-corrected chi connectivity index (χ4v) is 3.61. The van der Waals surface area contributed by atoms with Gasteiger partial charge < -0.3 is 10.1 Å². The van der Waals surface area contributed by atoms with Gasteiger partial charge in [-0.2, -0.15) is 0 Å². The number of nitrogens with one attached hydrogen (secondary N) is 1. The summed E-state index contributed by atoms with van der Waals surface area (Å²) in [6, 6.07) is 0.714. The van der Waals surface area contributed by atoms with Gasteiger partial charge in [-0.25, -0.2) is 0 Å². The average molecular weight is 253 g/mol. The predicted octanol–water partition coefficient (Wildman–Crippen LogP) is 3.75. The van der Waals surface area contributed by atoms with Crippen LogP contribution in [0.5, 0.6) is 0 Å². The SMILES string of the molecule is CCCNC(CC(C)C)C1CCOC2(CCC2)C1. The molecule has 0 aromatic heterocycles. The summed E-state index contributed by atoms with van der Waals surface area (Å²) in [5, 5.41) is 3.80. The van der Waals surface area contributed by atoms with E-state index in [9.17, 15) is 0 Å². The average Bonchev–Trinajstić information content (AvgIpc) is 2.32. The summed E-state index contributed by atoms with van der Waals surface area (Å²) in [4.78, 5) is 0. The Labute approximate surface area is 113 Å². The molecular formula is C16H31NO. The molecule has 0 amide bonds. The van der Waals surface area contributed by atoms with E-state index < -0.39 is 0 Å². The summed E-state index contributed by atoms with van der Waals surface area (Å²) in [6.07, 6.45) is 9.13. The van der Waals surface area contributed by atoms with Crippen molar-refractivity contribution in [3.63, 3.8) is 0 Å². The number of hydrogen-bond donors (Lipinski definition) is 1. The van der Waals surface area contributed by atoms with Crippen LogP contribution in [0.15, 0.2) is 0 Å². The molecule has 18 heavy (non-hydrogen) atoms. The van der Waals surface area contributed by atoms with Gasteiger partial charge in [-0.3, -0.25) is 0 Å². The van der Waals surface area contributed by atoms with Crippen LogP contribution in [0.2, 0.25) is 0 Å². The van der Waals surface area contributed by atoms with E-state index in [0.717, 1.165) is 18.4 Å². The summed E-state index contributed by atoms with van der Waals surface area (Å²) < 4.78 is 6.06. The molecule has 1 heterocycles. The minimum atomic E-state index is 0.298. The van der Waals surface area contributed by atoms with E-state index in [1.807, 2.05) is 0 Å². The maximum absolute atomic E-state index is 6.06. The molecule has 2 nitrogen and oxygen atoms in total. The Morgan fingerprint density at radius 2 is 2.11 bits per heavy atom. The fourth-order valence-electron chi connectivity index (χ4n) is 3.61. The van der Waals surface area contributed by atoms with Gasteiger partial charge in [-0.15, -0.1) is 0 Å². The largest absolute Gasteiger partial charge is 0.375 e. The molecule has 2 rings (SSSR count). The van der Waals surface area contributed by atoms with Gasteiger partial charge in [-0.1, -0.05) is 20.8 Å². The lowest BCUT2D eigenvalue weighted by atomic mass is 9.69. The van der Waals surface area contributed by atoms with Gasteiger partial charge in [0.1, 0.15) is 0 Å². The van der Waals surface area contributed by atoms with E-state index >= 15 is 0 Å². The van der Waals surface area contributed by atoms with E-state index in [-0.39, 0.29) is 0 Å². The molecule has 106 valence electrons. The number of ether oxygens (including phenoxy) is 1. The fraction of sp³-hybridized carbons (Fsp3) is 1.00. The number of hydrogen-bond acceptors (Lipinski definition) is 2. The van der Waals surface area contributed by atoms with Crippen molar-refractivity contribution < 1.29 is 4.74 Å². The molecule has 2 aliphatic rings. The zero-order chi connectivity index (χ0) is 13.0. The van der Waals surface area contributed by atoms with Crippen molar-refractivity contribution in [1.29, 1.82) is 0 Å². The molecule has 1 spiro atoms. The Bertz CT molecular complexity index is 247. The lowest BCUT2D eigenvalue weighted by molar-refractivity contribution is -0.147. The molecule has 2 atom stereocenters. The smallest absolute Gasteiger partial charge is 0.0685 e. The van der Waals surface area contributed by atoms with Crippen LogP contribution in [0.4, 0.5) is 0 Å². The lowest BCUT2D eigenvalue weighted by Crippen LogP contribution is -2.50. The van der Waals surface area contributed by atoms with E-state index in [2.05, 4.69) is 26.1 Å². The number of rotatable bonds is 6. The minimum Gasteiger partial charge on any atom is -0.375 e. The Morgan fingerprint density at radius 3 is 2.67 bits per heavy atom. The van der Waals surface area contributed by atoms with Crippen LogP contribution < -0.4 is 5.32 Å². The van der Waals surface area contributed by atoms with Gasteiger partial charge in [0.05, 0.1) is 5.60 Å². The van der Waals surface area contributed by atoms with Crippen molar-refractivity contribution in [3.8, 4) is 0 Å². The monoisotopic (exact) mass is 253 g/mol. The topological polar surface area (TPSA) is 21.3 Å². The first-order valence-electron chi connectivity index (χ1n) is 8.02. The molecule has 2 unspecified atom stereocenters. The molecule has 1 aliphatic carbocycles. The molecule has 1 saturated carbocycles. The van der Waals surface area contributed by atoms with Gasteiger partial charge in [0.15, 0.2) is 0 Å². The van der Waals surface area contributed by atoms with Gasteiger partial charge in [0.25, 0.3) is 0 Å². The van der Waals surface area contributed by atoms with Crippen molar-refractivity contribution in [2.24, 2.45) is 11.8 Å². The van der Waals surface area contributed by atoms with Crippen LogP contribution in [-0.4, -0.2) is 24.8 Å². The lowest BCUT2D eigenvalue weighted by Gasteiger charge is -2.49. The van der Waals surface area contributed by atoms with Crippen LogP contribution in [-0.2, 0) is 4.74 Å². The van der Waals surface area contributed by atoms with Crippen LogP contribution in [0.3, 0.4) is 0 Å². The highest BCUT2D eigenvalue weighted by atomic mass is 16.5. The quantitative estimate of drug-likeness (QED) is 0.778. The maximum atomic E-state index is 6.06. The van der Waals surface area contributed by atoms with Crippen LogP contribution in [0.1, 0.15) is 65.7 Å². The van der Waals surface area contributed by atoms with Crippen LogP contribution >= 0.6 is 0 Å². The van der Waals surface area contributed by atoms with Gasteiger partial charge in [0, 0.05) is 12.6 Å². The van der Waals surface area contributed by atoms with Gasteiger partial charge in [-0.05, 0) is 63.3 Å². The normalized spacial score (nSPS) is 28.3. The third-order valence-electron chi connectivity index (χ3n) is 4.75. The third-order valence-corrected chi connectivity index (χ3v) is 4.75. The molecule has 0 aromatic rings. The Hall–Kier alpha value is -0.0800. The van der Waals surface area contributed by atoms with Crippen molar-refractivity contribution in [3.05, 3.63) is 0 Å². The highest BCUT2D eigenvalue weighted by molar-refractivity contribution is 4.96. The first kappa shape index (κ1) is 14.3. The van der Waals surface area contributed by atoms with E-state index in [0.29, 0.717) is 11.6 Å². The molecule has 1 saturated heterocycles. The highest BCUT2D eigenvalue weighted by Crippen LogP contribution is 2.45. The molecule has 1 N–H and O–H groups in total. The van der Waals surface area contributed by atoms with Crippen LogP contribution in [0, 0.1) is 11.8 Å². The second-order valence-electron chi connectivity index (χ2n) is 6.83. The second kappa shape index (κ2) is 6.38. The predicted molar refractivity (Wildman–Crippen MR) is 76.8 cm³/mol. The van der Waals surface area contributed by atoms with Crippen LogP contribution in [0.25, 0.3) is 0 Å². The van der Waals surface area contributed by atoms with E-state index in [1.54, 1.807) is 0 Å². The minimum absolute atomic E-state index is 0.298. The molecule has 2 fully saturated rings. The zero-order valence-corrected chi connectivity index (χ0v) is 12.5. The summed E-state index contributed by atoms with van der Waals surface area (Å²) in [6.45, 7) is 9.11. The molecule has 2 heteroatoms.